The minimum Gasteiger partial charge on any atom is -0.353 e. The summed E-state index contributed by atoms with van der Waals surface area (Å²) >= 11 is 0. The summed E-state index contributed by atoms with van der Waals surface area (Å²) in [6, 6.07) is 37.8. The number of pyridine rings is 1. The highest BCUT2D eigenvalue weighted by atomic mass is 14.9. The monoisotopic (exact) mass is 460 g/mol. The molecule has 0 saturated heterocycles. The van der Waals surface area contributed by atoms with E-state index in [2.05, 4.69) is 113 Å². The van der Waals surface area contributed by atoms with E-state index >= 15 is 0 Å². The summed E-state index contributed by atoms with van der Waals surface area (Å²) in [7, 11) is 0. The number of aromatic amines is 1. The molecule has 0 bridgehead atoms. The summed E-state index contributed by atoms with van der Waals surface area (Å²) in [5.74, 6) is 0.734. The zero-order chi connectivity index (χ0) is 23.6. The molecule has 4 heterocycles. The van der Waals surface area contributed by atoms with Gasteiger partial charge in [-0.2, -0.15) is 0 Å². The minimum atomic E-state index is 0.734. The highest BCUT2D eigenvalue weighted by Crippen LogP contribution is 2.40. The smallest absolute Gasteiger partial charge is 0.163 e. The van der Waals surface area contributed by atoms with E-state index in [1.807, 2.05) is 12.1 Å². The SMILES string of the molecule is c1ccc(-c2nc(-c3c4ccccc4n4ccc5c6ccccc6[nH]c5c34)nc3ccccc23)cc1. The van der Waals surface area contributed by atoms with Gasteiger partial charge in [0.05, 0.1) is 33.3 Å². The summed E-state index contributed by atoms with van der Waals surface area (Å²) in [6.45, 7) is 0. The zero-order valence-electron chi connectivity index (χ0n) is 19.3. The van der Waals surface area contributed by atoms with Crippen molar-refractivity contribution >= 4 is 49.1 Å². The number of benzene rings is 4. The van der Waals surface area contributed by atoms with Crippen LogP contribution in [0.4, 0.5) is 0 Å². The maximum absolute atomic E-state index is 5.24. The molecule has 0 aliphatic heterocycles. The van der Waals surface area contributed by atoms with E-state index in [1.165, 1.54) is 10.8 Å². The van der Waals surface area contributed by atoms with Crippen molar-refractivity contribution in [2.75, 3.05) is 0 Å². The predicted octanol–water partition coefficient (Wildman–Crippen LogP) is 8.00. The lowest BCUT2D eigenvalue weighted by molar-refractivity contribution is 1.23. The number of fused-ring (bicyclic) bond motifs is 8. The third-order valence-corrected chi connectivity index (χ3v) is 7.16. The van der Waals surface area contributed by atoms with Crippen molar-refractivity contribution in [2.45, 2.75) is 0 Å². The van der Waals surface area contributed by atoms with Crippen LogP contribution in [0.25, 0.3) is 71.8 Å². The summed E-state index contributed by atoms with van der Waals surface area (Å²) in [4.78, 5) is 14.1. The minimum absolute atomic E-state index is 0.734. The Morgan fingerprint density at radius 1 is 0.583 bits per heavy atom. The summed E-state index contributed by atoms with van der Waals surface area (Å²) in [5.41, 5.74) is 8.48. The van der Waals surface area contributed by atoms with Crippen LogP contribution in [-0.2, 0) is 0 Å². The average molecular weight is 461 g/mol. The van der Waals surface area contributed by atoms with Crippen LogP contribution in [0.2, 0.25) is 0 Å². The first-order valence-electron chi connectivity index (χ1n) is 12.1. The van der Waals surface area contributed by atoms with Gasteiger partial charge in [-0.15, -0.1) is 0 Å². The molecule has 0 aliphatic rings. The van der Waals surface area contributed by atoms with E-state index in [-0.39, 0.29) is 0 Å². The number of aromatic nitrogens is 4. The molecule has 0 amide bonds. The van der Waals surface area contributed by atoms with Crippen LogP contribution in [0.1, 0.15) is 0 Å². The first kappa shape index (κ1) is 19.4. The van der Waals surface area contributed by atoms with Gasteiger partial charge in [-0.3, -0.25) is 0 Å². The molecule has 168 valence electrons. The Kier molecular flexibility index (Phi) is 3.91. The van der Waals surface area contributed by atoms with Gasteiger partial charge in [0.25, 0.3) is 0 Å². The van der Waals surface area contributed by atoms with Crippen molar-refractivity contribution < 1.29 is 0 Å². The quantitative estimate of drug-likeness (QED) is 0.284. The number of H-pyrrole nitrogens is 1. The van der Waals surface area contributed by atoms with Crippen molar-refractivity contribution in [2.24, 2.45) is 0 Å². The Balaban J connectivity index is 1.57. The summed E-state index contributed by atoms with van der Waals surface area (Å²) < 4.78 is 2.27. The van der Waals surface area contributed by atoms with Crippen molar-refractivity contribution in [1.29, 1.82) is 0 Å². The summed E-state index contributed by atoms with van der Waals surface area (Å²) in [5, 5.41) is 4.61. The number of para-hydroxylation sites is 3. The second-order valence-corrected chi connectivity index (χ2v) is 9.16. The standard InChI is InChI=1S/C32H20N4/c1-2-10-20(11-3-1)29-23-13-5-8-16-26(23)34-32(35-29)28-24-14-6-9-17-27(24)36-19-18-22-21-12-4-7-15-25(21)33-30(22)31(28)36/h1-19,33H. The van der Waals surface area contributed by atoms with Crippen LogP contribution in [-0.4, -0.2) is 19.4 Å². The Morgan fingerprint density at radius 2 is 1.31 bits per heavy atom. The molecule has 0 saturated carbocycles. The van der Waals surface area contributed by atoms with Crippen molar-refractivity contribution in [1.82, 2.24) is 19.4 Å². The lowest BCUT2D eigenvalue weighted by atomic mass is 10.0. The third kappa shape index (κ3) is 2.64. The number of hydrogen-bond acceptors (Lipinski definition) is 2. The Bertz CT molecular complexity index is 2100. The number of rotatable bonds is 2. The van der Waals surface area contributed by atoms with E-state index in [9.17, 15) is 0 Å². The molecule has 4 nitrogen and oxygen atoms in total. The Hall–Kier alpha value is -4.96. The fraction of sp³-hybridized carbons (Fsp3) is 0. The molecule has 0 unspecified atom stereocenters. The van der Waals surface area contributed by atoms with Crippen LogP contribution in [0.15, 0.2) is 115 Å². The predicted molar refractivity (Wildman–Crippen MR) is 148 cm³/mol. The topological polar surface area (TPSA) is 46.0 Å². The highest BCUT2D eigenvalue weighted by Gasteiger charge is 2.21. The van der Waals surface area contributed by atoms with Crippen molar-refractivity contribution in [3.8, 4) is 22.6 Å². The van der Waals surface area contributed by atoms with Gasteiger partial charge in [0.15, 0.2) is 5.82 Å². The van der Waals surface area contributed by atoms with E-state index in [0.29, 0.717) is 0 Å². The lowest BCUT2D eigenvalue weighted by Gasteiger charge is -2.09. The van der Waals surface area contributed by atoms with E-state index in [1.54, 1.807) is 0 Å². The molecular weight excluding hydrogens is 440 g/mol. The van der Waals surface area contributed by atoms with E-state index in [0.717, 1.165) is 61.0 Å². The molecule has 0 spiro atoms. The number of hydrogen-bond donors (Lipinski definition) is 1. The lowest BCUT2D eigenvalue weighted by Crippen LogP contribution is -1.95. The number of nitrogens with one attached hydrogen (secondary N) is 1. The molecule has 1 N–H and O–H groups in total. The maximum atomic E-state index is 5.24. The van der Waals surface area contributed by atoms with Crippen molar-refractivity contribution in [3.63, 3.8) is 0 Å². The third-order valence-electron chi connectivity index (χ3n) is 7.16. The molecule has 4 aromatic heterocycles. The second-order valence-electron chi connectivity index (χ2n) is 9.16. The maximum Gasteiger partial charge on any atom is 0.163 e. The van der Waals surface area contributed by atoms with E-state index < -0.39 is 0 Å². The molecule has 8 rings (SSSR count). The van der Waals surface area contributed by atoms with Crippen molar-refractivity contribution in [3.05, 3.63) is 115 Å². The Morgan fingerprint density at radius 3 is 2.19 bits per heavy atom. The average Bonchev–Trinajstić information content (AvgIpc) is 3.49. The van der Waals surface area contributed by atoms with Gasteiger partial charge in [0.2, 0.25) is 0 Å². The first-order chi connectivity index (χ1) is 17.9. The van der Waals surface area contributed by atoms with Crippen LogP contribution < -0.4 is 0 Å². The van der Waals surface area contributed by atoms with Gasteiger partial charge >= 0.3 is 0 Å². The molecule has 0 radical (unpaired) electrons. The van der Waals surface area contributed by atoms with Crippen LogP contribution in [0.5, 0.6) is 0 Å². The van der Waals surface area contributed by atoms with Crippen LogP contribution >= 0.6 is 0 Å². The van der Waals surface area contributed by atoms with Gasteiger partial charge in [0, 0.05) is 38.8 Å². The zero-order valence-corrected chi connectivity index (χ0v) is 19.3. The summed E-state index contributed by atoms with van der Waals surface area (Å²) in [6.07, 6.45) is 2.17. The Labute approximate surface area is 206 Å². The van der Waals surface area contributed by atoms with Crippen LogP contribution in [0, 0.1) is 0 Å². The highest BCUT2D eigenvalue weighted by molar-refractivity contribution is 6.19. The largest absolute Gasteiger partial charge is 0.353 e. The first-order valence-corrected chi connectivity index (χ1v) is 12.1. The second kappa shape index (κ2) is 7.27. The molecule has 4 aromatic carbocycles. The fourth-order valence-corrected chi connectivity index (χ4v) is 5.57. The molecule has 0 aliphatic carbocycles. The van der Waals surface area contributed by atoms with Gasteiger partial charge in [-0.25, -0.2) is 9.97 Å². The molecule has 36 heavy (non-hydrogen) atoms. The molecule has 0 fully saturated rings. The van der Waals surface area contributed by atoms with E-state index in [4.69, 9.17) is 9.97 Å². The van der Waals surface area contributed by atoms with Gasteiger partial charge in [-0.05, 0) is 24.3 Å². The van der Waals surface area contributed by atoms with Gasteiger partial charge in [0.1, 0.15) is 0 Å². The van der Waals surface area contributed by atoms with Crippen LogP contribution in [0.3, 0.4) is 0 Å². The molecule has 4 heteroatoms. The number of nitrogens with zero attached hydrogens (tertiary/aromatic N) is 3. The molecule has 8 aromatic rings. The van der Waals surface area contributed by atoms with Gasteiger partial charge < -0.3 is 9.38 Å². The van der Waals surface area contributed by atoms with Gasteiger partial charge in [-0.1, -0.05) is 84.9 Å². The molecule has 0 atom stereocenters. The normalized spacial score (nSPS) is 11.9. The fourth-order valence-electron chi connectivity index (χ4n) is 5.57. The molecular formula is C32H20N4.